The molecular weight excluding hydrogens is 513 g/mol. The van der Waals surface area contributed by atoms with E-state index in [-0.39, 0.29) is 27.5 Å². The fourth-order valence-electron chi connectivity index (χ4n) is 5.56. The number of amides is 1. The van der Waals surface area contributed by atoms with Crippen LogP contribution in [0.15, 0.2) is 30.7 Å². The molecule has 6 rings (SSSR count). The normalized spacial score (nSPS) is 19.8. The SMILES string of the molecule is C[C@]1(c2cc(Cl)c(O)c(Cl)c2)C(=O)Nc2nc(-c3cn4ccnc4c(CC4CCCCC4)n3)nc(N)c21. The van der Waals surface area contributed by atoms with E-state index in [0.717, 1.165) is 17.8 Å². The van der Waals surface area contributed by atoms with Gasteiger partial charge < -0.3 is 20.6 Å². The van der Waals surface area contributed by atoms with Crippen LogP contribution >= 0.6 is 23.2 Å². The Morgan fingerprint density at radius 2 is 1.89 bits per heavy atom. The third-order valence-electron chi connectivity index (χ3n) is 7.60. The molecule has 0 spiro atoms. The van der Waals surface area contributed by atoms with Crippen molar-refractivity contribution in [2.45, 2.75) is 50.9 Å². The summed E-state index contributed by atoms with van der Waals surface area (Å²) in [5.74, 6) is 0.725. The maximum absolute atomic E-state index is 13.3. The lowest BCUT2D eigenvalue weighted by atomic mass is 9.77. The van der Waals surface area contributed by atoms with Crippen molar-refractivity contribution in [3.63, 3.8) is 0 Å². The van der Waals surface area contributed by atoms with Crippen molar-refractivity contribution in [2.75, 3.05) is 11.1 Å². The average Bonchev–Trinajstić information content (AvgIpc) is 3.46. The molecule has 1 saturated carbocycles. The predicted octanol–water partition coefficient (Wildman–Crippen LogP) is 5.16. The summed E-state index contributed by atoms with van der Waals surface area (Å²) in [6.45, 7) is 1.70. The number of aromatic hydroxyl groups is 1. The molecule has 1 atom stereocenters. The number of aromatic nitrogens is 5. The largest absolute Gasteiger partial charge is 0.505 e. The Kier molecular flexibility index (Phi) is 5.72. The van der Waals surface area contributed by atoms with Gasteiger partial charge in [0.2, 0.25) is 5.91 Å². The van der Waals surface area contributed by atoms with E-state index in [4.69, 9.17) is 33.9 Å². The molecule has 0 bridgehead atoms. The van der Waals surface area contributed by atoms with Gasteiger partial charge in [0.05, 0.1) is 21.3 Å². The van der Waals surface area contributed by atoms with Gasteiger partial charge in [0.1, 0.15) is 22.7 Å². The van der Waals surface area contributed by atoms with Crippen LogP contribution in [0.3, 0.4) is 0 Å². The van der Waals surface area contributed by atoms with Crippen LogP contribution in [0, 0.1) is 5.92 Å². The van der Waals surface area contributed by atoms with Crippen molar-refractivity contribution >= 4 is 46.4 Å². The summed E-state index contributed by atoms with van der Waals surface area (Å²) in [4.78, 5) is 31.9. The summed E-state index contributed by atoms with van der Waals surface area (Å²) >= 11 is 12.3. The van der Waals surface area contributed by atoms with Gasteiger partial charge >= 0.3 is 0 Å². The highest BCUT2D eigenvalue weighted by atomic mass is 35.5. The number of carbonyl (C=O) groups is 1. The highest BCUT2D eigenvalue weighted by Crippen LogP contribution is 2.47. The van der Waals surface area contributed by atoms with Crippen molar-refractivity contribution in [1.82, 2.24) is 24.3 Å². The first-order valence-electron chi connectivity index (χ1n) is 12.3. The number of imidazole rings is 1. The van der Waals surface area contributed by atoms with Crippen LogP contribution in [0.2, 0.25) is 10.0 Å². The lowest BCUT2D eigenvalue weighted by Gasteiger charge is -2.24. The number of nitrogens with one attached hydrogen (secondary N) is 1. The molecule has 1 amide bonds. The first kappa shape index (κ1) is 23.9. The number of phenolic OH excluding ortho intramolecular Hbond substituents is 1. The summed E-state index contributed by atoms with van der Waals surface area (Å²) in [6.07, 6.45) is 12.5. The standard InChI is InChI=1S/C26H25Cl2N7O2/c1-26(14-10-15(27)20(36)16(28)11-14)19-21(29)32-22(33-23(19)34-25(26)37)18-12-35-8-7-30-24(35)17(31-18)9-13-5-3-2-4-6-13/h7-8,10-13,36H,2-6,9H2,1H3,(H3,29,32,33,34,37)/t26-/m1/s1. The number of rotatable bonds is 4. The quantitative estimate of drug-likeness (QED) is 0.327. The maximum atomic E-state index is 13.3. The summed E-state index contributed by atoms with van der Waals surface area (Å²) in [7, 11) is 0. The minimum atomic E-state index is -1.26. The molecule has 1 aromatic carbocycles. The maximum Gasteiger partial charge on any atom is 0.240 e. The molecule has 4 heterocycles. The lowest BCUT2D eigenvalue weighted by molar-refractivity contribution is -0.119. The van der Waals surface area contributed by atoms with Crippen LogP contribution in [0.1, 0.15) is 55.8 Å². The number of nitrogens with zero attached hydrogens (tertiary/aromatic N) is 5. The Labute approximate surface area is 223 Å². The summed E-state index contributed by atoms with van der Waals surface area (Å²) < 4.78 is 1.93. The number of benzene rings is 1. The Balaban J connectivity index is 1.44. The molecule has 1 aliphatic heterocycles. The van der Waals surface area contributed by atoms with Crippen molar-refractivity contribution < 1.29 is 9.90 Å². The van der Waals surface area contributed by atoms with Gasteiger partial charge in [0.25, 0.3) is 0 Å². The zero-order valence-corrected chi connectivity index (χ0v) is 21.6. The third-order valence-corrected chi connectivity index (χ3v) is 8.17. The Morgan fingerprint density at radius 1 is 1.16 bits per heavy atom. The number of halogens is 2. The lowest BCUT2D eigenvalue weighted by Crippen LogP contribution is -2.33. The van der Waals surface area contributed by atoms with E-state index in [9.17, 15) is 9.90 Å². The molecule has 11 heteroatoms. The second-order valence-corrected chi connectivity index (χ2v) is 10.8. The second kappa shape index (κ2) is 8.85. The molecule has 1 aliphatic carbocycles. The van der Waals surface area contributed by atoms with E-state index in [2.05, 4.69) is 20.3 Å². The van der Waals surface area contributed by atoms with E-state index in [1.54, 1.807) is 13.1 Å². The molecule has 2 aliphatic rings. The van der Waals surface area contributed by atoms with Crippen molar-refractivity contribution in [3.8, 4) is 17.3 Å². The van der Waals surface area contributed by atoms with Crippen molar-refractivity contribution in [2.24, 2.45) is 5.92 Å². The summed E-state index contributed by atoms with van der Waals surface area (Å²) in [5, 5.41) is 12.9. The first-order chi connectivity index (χ1) is 17.8. The number of hydrogen-bond acceptors (Lipinski definition) is 7. The van der Waals surface area contributed by atoms with Crippen LogP contribution in [-0.2, 0) is 16.6 Å². The van der Waals surface area contributed by atoms with Crippen LogP contribution in [0.4, 0.5) is 11.6 Å². The highest BCUT2D eigenvalue weighted by Gasteiger charge is 2.48. The van der Waals surface area contributed by atoms with Crippen molar-refractivity contribution in [1.29, 1.82) is 0 Å². The van der Waals surface area contributed by atoms with Gasteiger partial charge in [-0.1, -0.05) is 55.3 Å². The molecule has 1 fully saturated rings. The smallest absolute Gasteiger partial charge is 0.240 e. The molecule has 0 radical (unpaired) electrons. The zero-order valence-electron chi connectivity index (χ0n) is 20.1. The zero-order chi connectivity index (χ0) is 25.9. The molecule has 37 heavy (non-hydrogen) atoms. The van der Waals surface area contributed by atoms with Crippen LogP contribution in [-0.4, -0.2) is 35.4 Å². The van der Waals surface area contributed by atoms with E-state index >= 15 is 0 Å². The summed E-state index contributed by atoms with van der Waals surface area (Å²) in [6, 6.07) is 2.99. The van der Waals surface area contributed by atoms with E-state index < -0.39 is 5.41 Å². The second-order valence-electron chi connectivity index (χ2n) is 9.96. The molecule has 3 aromatic heterocycles. The van der Waals surface area contributed by atoms with Crippen molar-refractivity contribution in [3.05, 3.63) is 57.6 Å². The first-order valence-corrected chi connectivity index (χ1v) is 13.0. The number of nitrogens with two attached hydrogens (primary N) is 1. The van der Waals surface area contributed by atoms with Gasteiger partial charge in [-0.2, -0.15) is 0 Å². The van der Waals surface area contributed by atoms with Gasteiger partial charge in [-0.25, -0.2) is 19.9 Å². The van der Waals surface area contributed by atoms with Gasteiger partial charge in [0, 0.05) is 18.6 Å². The molecule has 4 N–H and O–H groups in total. The van der Waals surface area contributed by atoms with Gasteiger partial charge in [-0.15, -0.1) is 0 Å². The van der Waals surface area contributed by atoms with E-state index in [1.807, 2.05) is 16.8 Å². The minimum Gasteiger partial charge on any atom is -0.505 e. The number of nitrogen functional groups attached to an aromatic ring is 1. The number of fused-ring (bicyclic) bond motifs is 2. The fourth-order valence-corrected chi connectivity index (χ4v) is 6.04. The Bertz CT molecular complexity index is 1540. The molecular formula is C26H25Cl2N7O2. The number of phenols is 1. The molecule has 0 unspecified atom stereocenters. The topological polar surface area (TPSA) is 131 Å². The number of carbonyl (C=O) groups excluding carboxylic acids is 1. The number of hydrogen-bond donors (Lipinski definition) is 3. The minimum absolute atomic E-state index is 0.0319. The fraction of sp³-hybridized carbons (Fsp3) is 0.346. The van der Waals surface area contributed by atoms with E-state index in [0.29, 0.717) is 34.4 Å². The van der Waals surface area contributed by atoms with Crippen LogP contribution in [0.25, 0.3) is 17.2 Å². The third kappa shape index (κ3) is 3.88. The molecule has 4 aromatic rings. The molecule has 9 nitrogen and oxygen atoms in total. The monoisotopic (exact) mass is 537 g/mol. The Hall–Kier alpha value is -3.43. The summed E-state index contributed by atoms with van der Waals surface area (Å²) in [5.41, 5.74) is 8.37. The average molecular weight is 538 g/mol. The molecule has 190 valence electrons. The predicted molar refractivity (Wildman–Crippen MR) is 142 cm³/mol. The van der Waals surface area contributed by atoms with Gasteiger partial charge in [0.15, 0.2) is 17.2 Å². The Morgan fingerprint density at radius 3 is 2.62 bits per heavy atom. The number of anilines is 2. The van der Waals surface area contributed by atoms with Gasteiger partial charge in [-0.05, 0) is 37.0 Å². The molecule has 0 saturated heterocycles. The van der Waals surface area contributed by atoms with Gasteiger partial charge in [-0.3, -0.25) is 4.79 Å². The van der Waals surface area contributed by atoms with Crippen LogP contribution in [0.5, 0.6) is 5.75 Å². The highest BCUT2D eigenvalue weighted by molar-refractivity contribution is 6.37. The van der Waals surface area contributed by atoms with E-state index in [1.165, 1.54) is 44.2 Å². The van der Waals surface area contributed by atoms with Crippen LogP contribution < -0.4 is 11.1 Å².